The highest BCUT2D eigenvalue weighted by molar-refractivity contribution is 6.00. The monoisotopic (exact) mass is 391 g/mol. The van der Waals surface area contributed by atoms with Crippen LogP contribution < -0.4 is 4.74 Å². The second-order valence-corrected chi connectivity index (χ2v) is 8.25. The van der Waals surface area contributed by atoms with Crippen molar-refractivity contribution in [1.29, 1.82) is 0 Å². The molecule has 0 aromatic carbocycles. The first-order valence-electron chi connectivity index (χ1n) is 11.2. The molecule has 29 heavy (non-hydrogen) atoms. The number of hydrogen-bond donors (Lipinski definition) is 2. The predicted molar refractivity (Wildman–Crippen MR) is 121 cm³/mol. The lowest BCUT2D eigenvalue weighted by Gasteiger charge is -2.17. The minimum Gasteiger partial charge on any atom is -0.494 e. The molecule has 0 saturated carbocycles. The summed E-state index contributed by atoms with van der Waals surface area (Å²) in [5.74, 6) is 1.45. The van der Waals surface area contributed by atoms with Gasteiger partial charge in [0.15, 0.2) is 0 Å². The SMILES string of the molecule is CC[C@H]1CCCCCCCCC2=NC(=Cc3[nH]c(-c4ccc[nH]4)cc3OC)C1=C2. The van der Waals surface area contributed by atoms with E-state index in [2.05, 4.69) is 41.2 Å². The van der Waals surface area contributed by atoms with E-state index in [-0.39, 0.29) is 0 Å². The van der Waals surface area contributed by atoms with Crippen molar-refractivity contribution in [3.05, 3.63) is 47.4 Å². The Labute approximate surface area is 174 Å². The van der Waals surface area contributed by atoms with Crippen LogP contribution in [-0.2, 0) is 0 Å². The number of allylic oxidation sites excluding steroid dienone is 2. The third kappa shape index (κ3) is 4.58. The van der Waals surface area contributed by atoms with Crippen LogP contribution in [0.3, 0.4) is 0 Å². The van der Waals surface area contributed by atoms with E-state index >= 15 is 0 Å². The molecule has 4 heteroatoms. The van der Waals surface area contributed by atoms with Crippen LogP contribution in [0.4, 0.5) is 0 Å². The summed E-state index contributed by atoms with van der Waals surface area (Å²) in [6, 6.07) is 6.13. The molecule has 0 amide bonds. The van der Waals surface area contributed by atoms with Gasteiger partial charge in [-0.25, -0.2) is 0 Å². The van der Waals surface area contributed by atoms with Gasteiger partial charge in [0.25, 0.3) is 0 Å². The summed E-state index contributed by atoms with van der Waals surface area (Å²) < 4.78 is 5.66. The zero-order valence-corrected chi connectivity index (χ0v) is 17.8. The van der Waals surface area contributed by atoms with Gasteiger partial charge in [0, 0.05) is 18.0 Å². The number of H-pyrrole nitrogens is 2. The maximum atomic E-state index is 5.66. The van der Waals surface area contributed by atoms with E-state index in [0.717, 1.165) is 34.9 Å². The normalized spacial score (nSPS) is 22.0. The summed E-state index contributed by atoms with van der Waals surface area (Å²) in [7, 11) is 1.73. The molecule has 2 aromatic rings. The first kappa shape index (κ1) is 19.8. The lowest BCUT2D eigenvalue weighted by Crippen LogP contribution is -2.04. The van der Waals surface area contributed by atoms with Crippen LogP contribution >= 0.6 is 0 Å². The van der Waals surface area contributed by atoms with Crippen molar-refractivity contribution in [1.82, 2.24) is 9.97 Å². The molecule has 2 aliphatic rings. The largest absolute Gasteiger partial charge is 0.494 e. The van der Waals surface area contributed by atoms with Gasteiger partial charge in [-0.15, -0.1) is 0 Å². The summed E-state index contributed by atoms with van der Waals surface area (Å²) >= 11 is 0. The van der Waals surface area contributed by atoms with E-state index in [1.165, 1.54) is 62.7 Å². The number of aromatic nitrogens is 2. The molecule has 3 heterocycles. The molecule has 1 aliphatic heterocycles. The molecule has 4 nitrogen and oxygen atoms in total. The number of nitrogens with zero attached hydrogens (tertiary/aromatic N) is 1. The third-order valence-corrected chi connectivity index (χ3v) is 6.25. The number of fused-ring (bicyclic) bond motifs is 1. The van der Waals surface area contributed by atoms with E-state index in [9.17, 15) is 0 Å². The molecule has 0 fully saturated rings. The van der Waals surface area contributed by atoms with E-state index in [1.54, 1.807) is 7.11 Å². The average molecular weight is 392 g/mol. The summed E-state index contributed by atoms with van der Waals surface area (Å²) in [6.07, 6.45) is 18.0. The molecule has 0 radical (unpaired) electrons. The maximum Gasteiger partial charge on any atom is 0.144 e. The van der Waals surface area contributed by atoms with Crippen molar-refractivity contribution in [2.45, 2.75) is 64.7 Å². The van der Waals surface area contributed by atoms with Crippen molar-refractivity contribution in [2.75, 3.05) is 7.11 Å². The first-order chi connectivity index (χ1) is 14.3. The fraction of sp³-hybridized carbons (Fsp3) is 0.480. The minimum absolute atomic E-state index is 0.589. The summed E-state index contributed by atoms with van der Waals surface area (Å²) in [6.45, 7) is 2.31. The molecule has 4 rings (SSSR count). The highest BCUT2D eigenvalue weighted by atomic mass is 16.5. The highest BCUT2D eigenvalue weighted by Gasteiger charge is 2.23. The van der Waals surface area contributed by atoms with Crippen molar-refractivity contribution in [3.63, 3.8) is 0 Å². The number of aliphatic imine (C=N–C) groups is 1. The van der Waals surface area contributed by atoms with Gasteiger partial charge in [0.2, 0.25) is 0 Å². The Bertz CT molecular complexity index is 899. The number of hydrogen-bond acceptors (Lipinski definition) is 2. The van der Waals surface area contributed by atoms with Crippen LogP contribution in [-0.4, -0.2) is 22.8 Å². The summed E-state index contributed by atoms with van der Waals surface area (Å²) in [5.41, 5.74) is 6.86. The lowest BCUT2D eigenvalue weighted by molar-refractivity contribution is 0.414. The van der Waals surface area contributed by atoms with Crippen molar-refractivity contribution >= 4 is 11.8 Å². The molecule has 2 bridgehead atoms. The van der Waals surface area contributed by atoms with Gasteiger partial charge in [-0.05, 0) is 61.5 Å². The molecule has 0 unspecified atom stereocenters. The lowest BCUT2D eigenvalue weighted by atomic mass is 9.88. The predicted octanol–water partition coefficient (Wildman–Crippen LogP) is 6.90. The number of nitrogens with one attached hydrogen (secondary N) is 2. The fourth-order valence-electron chi connectivity index (χ4n) is 4.57. The summed E-state index contributed by atoms with van der Waals surface area (Å²) in [4.78, 5) is 11.8. The minimum atomic E-state index is 0.589. The third-order valence-electron chi connectivity index (χ3n) is 6.25. The number of methoxy groups -OCH3 is 1. The van der Waals surface area contributed by atoms with Crippen molar-refractivity contribution in [2.24, 2.45) is 10.9 Å². The van der Waals surface area contributed by atoms with Crippen LogP contribution in [0.1, 0.15) is 70.4 Å². The van der Waals surface area contributed by atoms with Gasteiger partial charge < -0.3 is 14.7 Å². The highest BCUT2D eigenvalue weighted by Crippen LogP contribution is 2.36. The first-order valence-corrected chi connectivity index (χ1v) is 11.2. The van der Waals surface area contributed by atoms with Gasteiger partial charge in [-0.1, -0.05) is 39.0 Å². The van der Waals surface area contributed by atoms with Gasteiger partial charge in [0.05, 0.1) is 29.9 Å². The van der Waals surface area contributed by atoms with Crippen LogP contribution in [0.5, 0.6) is 5.75 Å². The Morgan fingerprint density at radius 1 is 1.14 bits per heavy atom. The summed E-state index contributed by atoms with van der Waals surface area (Å²) in [5, 5.41) is 0. The molecular formula is C25H33N3O. The van der Waals surface area contributed by atoms with E-state index < -0.39 is 0 Å². The van der Waals surface area contributed by atoms with Gasteiger partial charge in [0.1, 0.15) is 5.75 Å². The molecule has 1 aliphatic carbocycles. The van der Waals surface area contributed by atoms with Gasteiger partial charge in [-0.2, -0.15) is 0 Å². The molecular weight excluding hydrogens is 358 g/mol. The second-order valence-electron chi connectivity index (χ2n) is 8.25. The maximum absolute atomic E-state index is 5.66. The number of rotatable bonds is 4. The van der Waals surface area contributed by atoms with Crippen molar-refractivity contribution in [3.8, 4) is 17.1 Å². The number of aromatic amines is 2. The Hall–Kier alpha value is -2.49. The van der Waals surface area contributed by atoms with E-state index in [1.807, 2.05) is 12.3 Å². The Morgan fingerprint density at radius 2 is 1.97 bits per heavy atom. The molecule has 154 valence electrons. The smallest absolute Gasteiger partial charge is 0.144 e. The average Bonchev–Trinajstić information content (AvgIpc) is 3.46. The molecule has 0 saturated heterocycles. The Kier molecular flexibility index (Phi) is 6.38. The van der Waals surface area contributed by atoms with Crippen LogP contribution in [0.25, 0.3) is 17.5 Å². The van der Waals surface area contributed by atoms with Crippen molar-refractivity contribution < 1.29 is 4.74 Å². The quantitative estimate of drug-likeness (QED) is 0.585. The van der Waals surface area contributed by atoms with Gasteiger partial charge >= 0.3 is 0 Å². The topological polar surface area (TPSA) is 53.2 Å². The second kappa shape index (κ2) is 9.34. The van der Waals surface area contributed by atoms with Gasteiger partial charge in [-0.3, -0.25) is 4.99 Å². The molecule has 2 aromatic heterocycles. The fourth-order valence-corrected chi connectivity index (χ4v) is 4.57. The molecule has 0 spiro atoms. The van der Waals surface area contributed by atoms with Crippen LogP contribution in [0.15, 0.2) is 46.7 Å². The van der Waals surface area contributed by atoms with Crippen LogP contribution in [0.2, 0.25) is 0 Å². The molecule has 2 N–H and O–H groups in total. The zero-order valence-electron chi connectivity index (χ0n) is 17.8. The Balaban J connectivity index is 1.68. The molecule has 1 atom stereocenters. The van der Waals surface area contributed by atoms with Crippen LogP contribution in [0, 0.1) is 5.92 Å². The zero-order chi connectivity index (χ0) is 20.1. The van der Waals surface area contributed by atoms with E-state index in [0.29, 0.717) is 5.92 Å². The van der Waals surface area contributed by atoms with E-state index in [4.69, 9.17) is 9.73 Å². The Morgan fingerprint density at radius 3 is 2.72 bits per heavy atom. The standard InChI is InChI=1S/C25H33N3O/c1-3-18-11-8-6-4-5-7-9-12-19-15-20(18)22(27-19)16-24-25(29-2)17-23(28-24)21-13-10-14-26-21/h10,13-18,26,28H,3-9,11-12H2,1-2H3/t18-/m0/s1. The number of ether oxygens (including phenoxy) is 1.